The molecule has 12 rings (SSSR count). The minimum Gasteiger partial charge on any atom is -0.456 e. The van der Waals surface area contributed by atoms with Crippen LogP contribution in [-0.4, -0.2) is 4.57 Å². The fraction of sp³-hybridized carbons (Fsp3) is 0. The number of para-hydroxylation sites is 4. The predicted octanol–water partition coefficient (Wildman–Crippen LogP) is 16.3. The summed E-state index contributed by atoms with van der Waals surface area (Å²) in [7, 11) is 0. The van der Waals surface area contributed by atoms with Crippen molar-refractivity contribution in [3.05, 3.63) is 231 Å². The Balaban J connectivity index is 0.933. The number of rotatable bonds is 7. The van der Waals surface area contributed by atoms with Gasteiger partial charge in [-0.15, -0.1) is 0 Å². The highest BCUT2D eigenvalue weighted by atomic mass is 16.3. The molecular formula is C58H38N2O. The largest absolute Gasteiger partial charge is 0.456 e. The van der Waals surface area contributed by atoms with Crippen LogP contribution in [0.2, 0.25) is 0 Å². The molecule has 0 aliphatic rings. The molecule has 0 radical (unpaired) electrons. The molecule has 0 saturated heterocycles. The molecule has 0 saturated carbocycles. The minimum atomic E-state index is 0.907. The molecule has 0 amide bonds. The highest BCUT2D eigenvalue weighted by molar-refractivity contribution is 6.13. The van der Waals surface area contributed by atoms with Crippen molar-refractivity contribution in [2.45, 2.75) is 0 Å². The molecule has 0 aliphatic heterocycles. The van der Waals surface area contributed by atoms with E-state index in [0.717, 1.165) is 44.7 Å². The van der Waals surface area contributed by atoms with Crippen molar-refractivity contribution >= 4 is 71.6 Å². The molecule has 0 unspecified atom stereocenters. The maximum absolute atomic E-state index is 6.24. The van der Waals surface area contributed by atoms with Crippen molar-refractivity contribution in [2.75, 3.05) is 4.90 Å². The van der Waals surface area contributed by atoms with Gasteiger partial charge < -0.3 is 13.9 Å². The summed E-state index contributed by atoms with van der Waals surface area (Å²) >= 11 is 0. The molecule has 0 aliphatic carbocycles. The van der Waals surface area contributed by atoms with E-state index in [9.17, 15) is 0 Å². The van der Waals surface area contributed by atoms with Gasteiger partial charge in [0, 0.05) is 44.2 Å². The van der Waals surface area contributed by atoms with Gasteiger partial charge in [0.25, 0.3) is 0 Å². The van der Waals surface area contributed by atoms with Gasteiger partial charge in [0.15, 0.2) is 0 Å². The summed E-state index contributed by atoms with van der Waals surface area (Å²) < 4.78 is 8.61. The molecule has 3 nitrogen and oxygen atoms in total. The number of hydrogen-bond acceptors (Lipinski definition) is 2. The van der Waals surface area contributed by atoms with E-state index < -0.39 is 0 Å². The van der Waals surface area contributed by atoms with Crippen molar-refractivity contribution in [3.8, 4) is 39.1 Å². The zero-order chi connectivity index (χ0) is 40.3. The second kappa shape index (κ2) is 14.3. The minimum absolute atomic E-state index is 0.907. The fourth-order valence-electron chi connectivity index (χ4n) is 9.32. The Hall–Kier alpha value is -8.14. The van der Waals surface area contributed by atoms with E-state index in [1.807, 2.05) is 12.1 Å². The van der Waals surface area contributed by atoms with Gasteiger partial charge >= 0.3 is 0 Å². The van der Waals surface area contributed by atoms with E-state index in [2.05, 4.69) is 228 Å². The lowest BCUT2D eigenvalue weighted by Gasteiger charge is -2.28. The summed E-state index contributed by atoms with van der Waals surface area (Å²) in [6.45, 7) is 0. The van der Waals surface area contributed by atoms with E-state index in [4.69, 9.17) is 4.42 Å². The van der Waals surface area contributed by atoms with E-state index in [-0.39, 0.29) is 0 Å². The Morgan fingerprint density at radius 1 is 0.344 bits per heavy atom. The molecule has 286 valence electrons. The predicted molar refractivity (Wildman–Crippen MR) is 257 cm³/mol. The van der Waals surface area contributed by atoms with E-state index in [1.54, 1.807) is 0 Å². The number of fused-ring (bicyclic) bond motifs is 7. The van der Waals surface area contributed by atoms with Gasteiger partial charge in [-0.05, 0) is 111 Å². The first-order valence-corrected chi connectivity index (χ1v) is 20.8. The second-order valence-electron chi connectivity index (χ2n) is 15.7. The molecule has 0 N–H and O–H groups in total. The highest BCUT2D eigenvalue weighted by Crippen LogP contribution is 2.43. The number of aromatic nitrogens is 1. The van der Waals surface area contributed by atoms with Gasteiger partial charge in [0.1, 0.15) is 11.2 Å². The third kappa shape index (κ3) is 5.90. The normalized spacial score (nSPS) is 11.6. The van der Waals surface area contributed by atoms with Crippen molar-refractivity contribution in [1.29, 1.82) is 0 Å². The fourth-order valence-corrected chi connectivity index (χ4v) is 9.32. The summed E-state index contributed by atoms with van der Waals surface area (Å²) in [6, 6.07) is 82.9. The van der Waals surface area contributed by atoms with Crippen LogP contribution >= 0.6 is 0 Å². The van der Waals surface area contributed by atoms with Crippen LogP contribution in [0.25, 0.3) is 93.6 Å². The maximum Gasteiger partial charge on any atom is 0.136 e. The topological polar surface area (TPSA) is 21.3 Å². The third-order valence-electron chi connectivity index (χ3n) is 12.2. The molecule has 0 bridgehead atoms. The van der Waals surface area contributed by atoms with Crippen LogP contribution < -0.4 is 4.90 Å². The average molecular weight is 779 g/mol. The molecule has 61 heavy (non-hydrogen) atoms. The first kappa shape index (κ1) is 34.9. The quantitative estimate of drug-likeness (QED) is 0.161. The van der Waals surface area contributed by atoms with Crippen LogP contribution in [0.4, 0.5) is 17.1 Å². The van der Waals surface area contributed by atoms with Gasteiger partial charge in [-0.25, -0.2) is 0 Å². The first-order valence-electron chi connectivity index (χ1n) is 20.8. The van der Waals surface area contributed by atoms with Crippen LogP contribution in [0.3, 0.4) is 0 Å². The van der Waals surface area contributed by atoms with E-state index in [1.165, 1.54) is 66.0 Å². The van der Waals surface area contributed by atoms with Crippen LogP contribution in [-0.2, 0) is 0 Å². The molecule has 0 atom stereocenters. The van der Waals surface area contributed by atoms with Crippen molar-refractivity contribution in [2.24, 2.45) is 0 Å². The Labute approximate surface area is 353 Å². The van der Waals surface area contributed by atoms with Gasteiger partial charge in [-0.3, -0.25) is 0 Å². The lowest BCUT2D eigenvalue weighted by atomic mass is 9.96. The molecule has 12 aromatic rings. The number of hydrogen-bond donors (Lipinski definition) is 0. The monoisotopic (exact) mass is 778 g/mol. The number of nitrogens with zero attached hydrogens (tertiary/aromatic N) is 2. The van der Waals surface area contributed by atoms with Crippen LogP contribution in [0, 0.1) is 0 Å². The molecule has 10 aromatic carbocycles. The van der Waals surface area contributed by atoms with Gasteiger partial charge in [0.05, 0.1) is 16.7 Å². The van der Waals surface area contributed by atoms with Crippen LogP contribution in [0.1, 0.15) is 0 Å². The lowest BCUT2D eigenvalue weighted by Crippen LogP contribution is -2.11. The van der Waals surface area contributed by atoms with Crippen LogP contribution in [0.5, 0.6) is 0 Å². The summed E-state index contributed by atoms with van der Waals surface area (Å²) in [6.07, 6.45) is 0. The third-order valence-corrected chi connectivity index (χ3v) is 12.2. The maximum atomic E-state index is 6.24. The summed E-state index contributed by atoms with van der Waals surface area (Å²) in [5, 5.41) is 7.18. The molecule has 0 fully saturated rings. The summed E-state index contributed by atoms with van der Waals surface area (Å²) in [5.74, 6) is 0. The van der Waals surface area contributed by atoms with E-state index >= 15 is 0 Å². The standard InChI is InChI=1S/C58H38N2O/c1-2-13-41(14-3-1)48-15-4-8-20-53(48)59(47-36-31-42-37-44(26-25-43(42)38-47)49-19-12-24-57-58(49)52-18-7-11-23-56(52)61-57)45-32-27-39(28-33-45)40-29-34-46(35-30-40)60-54-21-9-5-16-50(54)51-17-6-10-22-55(51)60/h1-38H. The van der Waals surface area contributed by atoms with Gasteiger partial charge in [-0.2, -0.15) is 0 Å². The van der Waals surface area contributed by atoms with Gasteiger partial charge in [0.2, 0.25) is 0 Å². The molecule has 2 heterocycles. The van der Waals surface area contributed by atoms with Crippen molar-refractivity contribution in [1.82, 2.24) is 4.57 Å². The van der Waals surface area contributed by atoms with Crippen molar-refractivity contribution < 1.29 is 4.42 Å². The highest BCUT2D eigenvalue weighted by Gasteiger charge is 2.19. The number of benzene rings is 10. The van der Waals surface area contributed by atoms with Crippen molar-refractivity contribution in [3.63, 3.8) is 0 Å². The SMILES string of the molecule is c1ccc(-c2ccccc2N(c2ccc(-c3ccc(-n4c5ccccc5c5ccccc54)cc3)cc2)c2ccc3cc(-c4cccc5oc6ccccc6c45)ccc3c2)cc1. The average Bonchev–Trinajstić information content (AvgIpc) is 3.88. The molecular weight excluding hydrogens is 741 g/mol. The number of anilines is 3. The van der Waals surface area contributed by atoms with E-state index in [0.29, 0.717) is 0 Å². The zero-order valence-electron chi connectivity index (χ0n) is 33.2. The van der Waals surface area contributed by atoms with Crippen LogP contribution in [0.15, 0.2) is 235 Å². The van der Waals surface area contributed by atoms with Gasteiger partial charge in [-0.1, -0.05) is 158 Å². The molecule has 0 spiro atoms. The summed E-state index contributed by atoms with van der Waals surface area (Å²) in [4.78, 5) is 2.39. The smallest absolute Gasteiger partial charge is 0.136 e. The Kier molecular flexibility index (Phi) is 8.17. The number of furan rings is 1. The first-order chi connectivity index (χ1) is 30.2. The lowest BCUT2D eigenvalue weighted by molar-refractivity contribution is 0.669. The molecule has 2 aromatic heterocycles. The summed E-state index contributed by atoms with van der Waals surface area (Å²) in [5.41, 5.74) is 15.7. The molecule has 3 heteroatoms. The zero-order valence-corrected chi connectivity index (χ0v) is 33.2. The second-order valence-corrected chi connectivity index (χ2v) is 15.7. The Bertz CT molecular complexity index is 3520. The Morgan fingerprint density at radius 3 is 1.67 bits per heavy atom. The Morgan fingerprint density at radius 2 is 0.902 bits per heavy atom.